The molecule has 0 N–H and O–H groups in total. The van der Waals surface area contributed by atoms with Crippen molar-refractivity contribution >= 4 is 34.4 Å². The number of fused-ring (bicyclic) bond motifs is 1. The van der Waals surface area contributed by atoms with Gasteiger partial charge in [0, 0.05) is 54.3 Å². The largest absolute Gasteiger partial charge is 0.484 e. The fourth-order valence-corrected chi connectivity index (χ4v) is 3.43. The van der Waals surface area contributed by atoms with Gasteiger partial charge in [0.05, 0.1) is 0 Å². The molecule has 0 saturated carbocycles. The molecule has 0 atom stereocenters. The van der Waals surface area contributed by atoms with Crippen LogP contribution in [0, 0.1) is 0 Å². The average molecular weight is 427 g/mol. The van der Waals surface area contributed by atoms with Gasteiger partial charge in [-0.1, -0.05) is 11.6 Å². The average Bonchev–Trinajstić information content (AvgIpc) is 2.77. The normalized spacial score (nSPS) is 14.0. The number of hydrogen-bond donors (Lipinski definition) is 0. The summed E-state index contributed by atoms with van der Waals surface area (Å²) in [6.45, 7) is 1.65. The summed E-state index contributed by atoms with van der Waals surface area (Å²) in [6, 6.07) is 14.9. The first kappa shape index (κ1) is 20.0. The van der Waals surface area contributed by atoms with Crippen molar-refractivity contribution in [3.63, 3.8) is 0 Å². The van der Waals surface area contributed by atoms with E-state index in [0.29, 0.717) is 48.1 Å². The van der Waals surface area contributed by atoms with Crippen LogP contribution in [0.3, 0.4) is 0 Å². The first-order valence-corrected chi connectivity index (χ1v) is 9.87. The second-order valence-electron chi connectivity index (χ2n) is 6.92. The lowest BCUT2D eigenvalue weighted by Crippen LogP contribution is -2.51. The zero-order valence-corrected chi connectivity index (χ0v) is 16.8. The first-order valence-electron chi connectivity index (χ1n) is 9.49. The molecule has 2 aromatic carbocycles. The van der Waals surface area contributed by atoms with E-state index >= 15 is 0 Å². The number of piperazine rings is 1. The molecule has 0 radical (unpaired) electrons. The molecule has 7 nitrogen and oxygen atoms in total. The number of ether oxygens (including phenoxy) is 1. The summed E-state index contributed by atoms with van der Waals surface area (Å²) in [5.41, 5.74) is 0.536. The van der Waals surface area contributed by atoms with Crippen LogP contribution >= 0.6 is 11.6 Å². The van der Waals surface area contributed by atoms with Gasteiger partial charge in [-0.25, -0.2) is 4.79 Å². The second kappa shape index (κ2) is 8.59. The number of rotatable bonds is 4. The van der Waals surface area contributed by atoms with Gasteiger partial charge < -0.3 is 19.0 Å². The van der Waals surface area contributed by atoms with E-state index < -0.39 is 5.63 Å². The summed E-state index contributed by atoms with van der Waals surface area (Å²) >= 11 is 5.87. The number of halogens is 1. The van der Waals surface area contributed by atoms with Crippen molar-refractivity contribution in [2.24, 2.45) is 0 Å². The minimum atomic E-state index is -0.443. The molecule has 1 aliphatic heterocycles. The molecular weight excluding hydrogens is 408 g/mol. The van der Waals surface area contributed by atoms with Gasteiger partial charge in [0.15, 0.2) is 6.61 Å². The maximum absolute atomic E-state index is 12.6. The van der Waals surface area contributed by atoms with Crippen molar-refractivity contribution in [2.75, 3.05) is 32.8 Å². The highest BCUT2D eigenvalue weighted by Crippen LogP contribution is 2.19. The third kappa shape index (κ3) is 4.46. The van der Waals surface area contributed by atoms with Gasteiger partial charge in [0.25, 0.3) is 11.8 Å². The molecule has 30 heavy (non-hydrogen) atoms. The molecule has 2 amide bonds. The summed E-state index contributed by atoms with van der Waals surface area (Å²) in [7, 11) is 0. The van der Waals surface area contributed by atoms with Crippen LogP contribution in [0.1, 0.15) is 10.4 Å². The molecule has 1 aliphatic rings. The molecule has 0 spiro atoms. The van der Waals surface area contributed by atoms with E-state index in [4.69, 9.17) is 20.8 Å². The van der Waals surface area contributed by atoms with Crippen molar-refractivity contribution in [1.29, 1.82) is 0 Å². The summed E-state index contributed by atoms with van der Waals surface area (Å²) in [4.78, 5) is 39.8. The Morgan fingerprint density at radius 1 is 0.933 bits per heavy atom. The molecule has 1 aromatic heterocycles. The first-order chi connectivity index (χ1) is 14.5. The molecule has 0 aliphatic carbocycles. The minimum Gasteiger partial charge on any atom is -0.484 e. The predicted molar refractivity (Wildman–Crippen MR) is 112 cm³/mol. The molecule has 154 valence electrons. The Morgan fingerprint density at radius 2 is 1.60 bits per heavy atom. The predicted octanol–water partition coefficient (Wildman–Crippen LogP) is 2.81. The molecule has 3 aromatic rings. The Bertz CT molecular complexity index is 1130. The molecule has 0 bridgehead atoms. The highest BCUT2D eigenvalue weighted by atomic mass is 35.5. The summed E-state index contributed by atoms with van der Waals surface area (Å²) in [5.74, 6) is 0.206. The lowest BCUT2D eigenvalue weighted by molar-refractivity contribution is -0.134. The van der Waals surface area contributed by atoms with Crippen LogP contribution in [0.25, 0.3) is 11.0 Å². The highest BCUT2D eigenvalue weighted by molar-refractivity contribution is 6.30. The van der Waals surface area contributed by atoms with Gasteiger partial charge in [-0.3, -0.25) is 9.59 Å². The van der Waals surface area contributed by atoms with E-state index in [2.05, 4.69) is 0 Å². The Morgan fingerprint density at radius 3 is 2.33 bits per heavy atom. The fourth-order valence-electron chi connectivity index (χ4n) is 3.30. The van der Waals surface area contributed by atoms with E-state index in [1.165, 1.54) is 6.07 Å². The van der Waals surface area contributed by atoms with Crippen LogP contribution in [0.2, 0.25) is 5.02 Å². The van der Waals surface area contributed by atoms with Crippen LogP contribution in [-0.4, -0.2) is 54.4 Å². The number of carbonyl (C=O) groups excluding carboxylic acids is 2. The molecule has 8 heteroatoms. The topological polar surface area (TPSA) is 80.1 Å². The molecule has 1 saturated heterocycles. The van der Waals surface area contributed by atoms with E-state index in [9.17, 15) is 14.4 Å². The minimum absolute atomic E-state index is 0.0762. The number of nitrogens with zero attached hydrogens (tertiary/aromatic N) is 2. The Balaban J connectivity index is 1.30. The third-order valence-corrected chi connectivity index (χ3v) is 5.22. The van der Waals surface area contributed by atoms with Gasteiger partial charge in [-0.15, -0.1) is 0 Å². The maximum Gasteiger partial charge on any atom is 0.336 e. The lowest BCUT2D eigenvalue weighted by Gasteiger charge is -2.34. The molecule has 0 unspecified atom stereocenters. The van der Waals surface area contributed by atoms with Gasteiger partial charge in [-0.05, 0) is 42.5 Å². The number of benzene rings is 2. The van der Waals surface area contributed by atoms with E-state index in [1.807, 2.05) is 0 Å². The van der Waals surface area contributed by atoms with Crippen molar-refractivity contribution in [3.8, 4) is 5.75 Å². The van der Waals surface area contributed by atoms with Crippen molar-refractivity contribution < 1.29 is 18.7 Å². The maximum atomic E-state index is 12.6. The van der Waals surface area contributed by atoms with Crippen LogP contribution in [-0.2, 0) is 4.79 Å². The molecule has 1 fully saturated rings. The van der Waals surface area contributed by atoms with Gasteiger partial charge in [0.2, 0.25) is 0 Å². The number of hydrogen-bond acceptors (Lipinski definition) is 5. The van der Waals surface area contributed by atoms with Crippen LogP contribution < -0.4 is 10.4 Å². The van der Waals surface area contributed by atoms with Crippen LogP contribution in [0.5, 0.6) is 5.75 Å². The van der Waals surface area contributed by atoms with Gasteiger partial charge in [0.1, 0.15) is 11.3 Å². The van der Waals surface area contributed by atoms with Crippen molar-refractivity contribution in [3.05, 3.63) is 75.6 Å². The zero-order chi connectivity index (χ0) is 21.1. The molecular formula is C22H19ClN2O5. The SMILES string of the molecule is O=C(COc1ccc2ccc(=O)oc2c1)N1CCN(C(=O)c2ccc(Cl)cc2)CC1. The van der Waals surface area contributed by atoms with E-state index in [0.717, 1.165) is 5.39 Å². The van der Waals surface area contributed by atoms with Crippen LogP contribution in [0.4, 0.5) is 0 Å². The molecule has 2 heterocycles. The lowest BCUT2D eigenvalue weighted by atomic mass is 10.2. The number of amides is 2. The number of carbonyl (C=O) groups is 2. The Hall–Kier alpha value is -3.32. The van der Waals surface area contributed by atoms with E-state index in [-0.39, 0.29) is 18.4 Å². The second-order valence-corrected chi connectivity index (χ2v) is 7.36. The Labute approximate surface area is 177 Å². The standard InChI is InChI=1S/C22H19ClN2O5/c23-17-5-1-16(2-6-17)22(28)25-11-9-24(10-12-25)20(26)14-29-18-7-3-15-4-8-21(27)30-19(15)13-18/h1-8,13H,9-12,14H2. The smallest absolute Gasteiger partial charge is 0.336 e. The van der Waals surface area contributed by atoms with E-state index in [1.54, 1.807) is 58.3 Å². The summed E-state index contributed by atoms with van der Waals surface area (Å²) in [6.07, 6.45) is 0. The van der Waals surface area contributed by atoms with Crippen molar-refractivity contribution in [2.45, 2.75) is 0 Å². The monoisotopic (exact) mass is 426 g/mol. The quantitative estimate of drug-likeness (QED) is 0.599. The zero-order valence-electron chi connectivity index (χ0n) is 16.0. The van der Waals surface area contributed by atoms with Crippen molar-refractivity contribution in [1.82, 2.24) is 9.80 Å². The van der Waals surface area contributed by atoms with Gasteiger partial charge in [-0.2, -0.15) is 0 Å². The van der Waals surface area contributed by atoms with Gasteiger partial charge >= 0.3 is 5.63 Å². The fraction of sp³-hybridized carbons (Fsp3) is 0.227. The third-order valence-electron chi connectivity index (χ3n) is 4.97. The Kier molecular flexibility index (Phi) is 5.72. The summed E-state index contributed by atoms with van der Waals surface area (Å²) < 4.78 is 10.7. The molecule has 4 rings (SSSR count). The summed E-state index contributed by atoms with van der Waals surface area (Å²) in [5, 5.41) is 1.35. The van der Waals surface area contributed by atoms with Crippen LogP contribution in [0.15, 0.2) is 63.8 Å². The highest BCUT2D eigenvalue weighted by Gasteiger charge is 2.25.